The molecule has 3 nitrogen and oxygen atoms in total. The first-order valence-corrected chi connectivity index (χ1v) is 8.27. The van der Waals surface area contributed by atoms with Gasteiger partial charge in [0.05, 0.1) is 12.3 Å². The summed E-state index contributed by atoms with van der Waals surface area (Å²) >= 11 is 0. The summed E-state index contributed by atoms with van der Waals surface area (Å²) < 4.78 is 17.5. The second-order valence-electron chi connectivity index (χ2n) is 4.81. The normalized spacial score (nSPS) is 14.6. The first-order chi connectivity index (χ1) is 8.65. The van der Waals surface area contributed by atoms with Crippen LogP contribution in [-0.2, 0) is 23.1 Å². The molecule has 0 saturated carbocycles. The van der Waals surface area contributed by atoms with E-state index in [1.54, 1.807) is 0 Å². The molecule has 0 aliphatic carbocycles. The van der Waals surface area contributed by atoms with Gasteiger partial charge in [0.1, 0.15) is 11.5 Å². The molecule has 1 aromatic rings. The first kappa shape index (κ1) is 15.4. The van der Waals surface area contributed by atoms with Crippen LogP contribution in [0.5, 0.6) is 0 Å². The Hall–Kier alpha value is -0.610. The Labute approximate surface area is 113 Å². The summed E-state index contributed by atoms with van der Waals surface area (Å²) in [6.45, 7) is 8.16. The Kier molecular flexibility index (Phi) is 7.28. The maximum atomic E-state index is 11.9. The number of rotatable bonds is 9. The minimum atomic E-state index is -0.809. The molecule has 0 aliphatic heterocycles. The zero-order valence-electron chi connectivity index (χ0n) is 11.7. The van der Waals surface area contributed by atoms with Crippen molar-refractivity contribution in [2.24, 2.45) is 5.92 Å². The third-order valence-electron chi connectivity index (χ3n) is 2.91. The summed E-state index contributed by atoms with van der Waals surface area (Å²) in [6, 6.07) is 3.91. The lowest BCUT2D eigenvalue weighted by molar-refractivity contribution is 0.458. The van der Waals surface area contributed by atoms with Crippen LogP contribution in [0.15, 0.2) is 16.5 Å². The quantitative estimate of drug-likeness (QED) is 0.702. The van der Waals surface area contributed by atoms with E-state index in [0.29, 0.717) is 11.7 Å². The van der Waals surface area contributed by atoms with Crippen LogP contribution in [0.25, 0.3) is 0 Å². The van der Waals surface area contributed by atoms with Gasteiger partial charge in [0.2, 0.25) is 0 Å². The highest BCUT2D eigenvalue weighted by Gasteiger charge is 2.09. The Morgan fingerprint density at radius 1 is 1.33 bits per heavy atom. The zero-order chi connectivity index (χ0) is 13.4. The first-order valence-electron chi connectivity index (χ1n) is 6.79. The van der Waals surface area contributed by atoms with Crippen molar-refractivity contribution >= 4 is 10.8 Å². The van der Waals surface area contributed by atoms with Crippen LogP contribution in [-0.4, -0.2) is 16.5 Å². The molecule has 2 atom stereocenters. The van der Waals surface area contributed by atoms with Gasteiger partial charge in [0, 0.05) is 16.6 Å². The van der Waals surface area contributed by atoms with Crippen molar-refractivity contribution < 1.29 is 8.63 Å². The average molecular weight is 271 g/mol. The van der Waals surface area contributed by atoms with Crippen LogP contribution < -0.4 is 5.32 Å². The maximum Gasteiger partial charge on any atom is 0.118 e. The summed E-state index contributed by atoms with van der Waals surface area (Å²) in [5.41, 5.74) is 0. The molecule has 0 fully saturated rings. The van der Waals surface area contributed by atoms with E-state index in [0.717, 1.165) is 43.2 Å². The monoisotopic (exact) mass is 271 g/mol. The Morgan fingerprint density at radius 3 is 2.72 bits per heavy atom. The van der Waals surface area contributed by atoms with Crippen molar-refractivity contribution in [2.75, 3.05) is 12.3 Å². The fraction of sp³-hybridized carbons (Fsp3) is 0.714. The molecule has 2 unspecified atom stereocenters. The van der Waals surface area contributed by atoms with Gasteiger partial charge >= 0.3 is 0 Å². The lowest BCUT2D eigenvalue weighted by Gasteiger charge is -2.06. The summed E-state index contributed by atoms with van der Waals surface area (Å²) in [5.74, 6) is 3.59. The van der Waals surface area contributed by atoms with Crippen molar-refractivity contribution in [3.63, 3.8) is 0 Å². The van der Waals surface area contributed by atoms with Crippen molar-refractivity contribution in [3.05, 3.63) is 23.7 Å². The van der Waals surface area contributed by atoms with Gasteiger partial charge in [-0.1, -0.05) is 27.2 Å². The third kappa shape index (κ3) is 5.83. The van der Waals surface area contributed by atoms with Gasteiger partial charge in [-0.15, -0.1) is 0 Å². The molecule has 1 heterocycles. The van der Waals surface area contributed by atoms with Crippen molar-refractivity contribution in [3.8, 4) is 0 Å². The average Bonchev–Trinajstić information content (AvgIpc) is 2.76. The molecular formula is C14H25NO2S. The van der Waals surface area contributed by atoms with Gasteiger partial charge in [0.25, 0.3) is 0 Å². The van der Waals surface area contributed by atoms with E-state index >= 15 is 0 Å². The van der Waals surface area contributed by atoms with Crippen LogP contribution in [0.1, 0.15) is 45.1 Å². The summed E-state index contributed by atoms with van der Waals surface area (Å²) in [5, 5.41) is 3.29. The minimum Gasteiger partial charge on any atom is -0.464 e. The van der Waals surface area contributed by atoms with E-state index in [1.807, 2.05) is 12.1 Å². The van der Waals surface area contributed by atoms with E-state index in [9.17, 15) is 4.21 Å². The molecular weight excluding hydrogens is 246 g/mol. The largest absolute Gasteiger partial charge is 0.464 e. The maximum absolute atomic E-state index is 11.9. The van der Waals surface area contributed by atoms with Crippen LogP contribution >= 0.6 is 0 Å². The smallest absolute Gasteiger partial charge is 0.118 e. The molecule has 0 aliphatic rings. The van der Waals surface area contributed by atoms with Crippen LogP contribution in [0.3, 0.4) is 0 Å². The van der Waals surface area contributed by atoms with Crippen molar-refractivity contribution in [2.45, 2.75) is 45.9 Å². The van der Waals surface area contributed by atoms with E-state index in [2.05, 4.69) is 26.1 Å². The molecule has 0 radical (unpaired) electrons. The molecule has 1 N–H and O–H groups in total. The molecule has 4 heteroatoms. The molecule has 0 bridgehead atoms. The number of furan rings is 1. The minimum absolute atomic E-state index is 0.520. The standard InChI is InChI=1S/C14H25NO2S/c1-4-8-15-9-13-6-7-14(17-13)11-18(16)10-12(3)5-2/h6-7,12,15H,4-5,8-11H2,1-3H3. The van der Waals surface area contributed by atoms with Gasteiger partial charge in [-0.2, -0.15) is 0 Å². The van der Waals surface area contributed by atoms with E-state index < -0.39 is 10.8 Å². The fourth-order valence-corrected chi connectivity index (χ4v) is 3.10. The van der Waals surface area contributed by atoms with Gasteiger partial charge in [-0.05, 0) is 31.0 Å². The second kappa shape index (κ2) is 8.48. The summed E-state index contributed by atoms with van der Waals surface area (Å²) in [7, 11) is -0.809. The predicted molar refractivity (Wildman–Crippen MR) is 76.9 cm³/mol. The van der Waals surface area contributed by atoms with Gasteiger partial charge in [-0.3, -0.25) is 4.21 Å². The second-order valence-corrected chi connectivity index (χ2v) is 6.31. The van der Waals surface area contributed by atoms with E-state index in [-0.39, 0.29) is 0 Å². The van der Waals surface area contributed by atoms with E-state index in [1.165, 1.54) is 0 Å². The Morgan fingerprint density at radius 2 is 2.06 bits per heavy atom. The molecule has 18 heavy (non-hydrogen) atoms. The fourth-order valence-electron chi connectivity index (χ4n) is 1.64. The lowest BCUT2D eigenvalue weighted by atomic mass is 10.2. The predicted octanol–water partition coefficient (Wildman–Crippen LogP) is 3.07. The SMILES string of the molecule is CCCNCc1ccc(CS(=O)CC(C)CC)o1. The highest BCUT2D eigenvalue weighted by Crippen LogP contribution is 2.12. The van der Waals surface area contributed by atoms with E-state index in [4.69, 9.17) is 4.42 Å². The van der Waals surface area contributed by atoms with Crippen molar-refractivity contribution in [1.82, 2.24) is 5.32 Å². The van der Waals surface area contributed by atoms with Crippen LogP contribution in [0, 0.1) is 5.92 Å². The molecule has 0 saturated heterocycles. The molecule has 0 aromatic carbocycles. The molecule has 0 amide bonds. The summed E-state index contributed by atoms with van der Waals surface area (Å²) in [6.07, 6.45) is 2.20. The zero-order valence-corrected chi connectivity index (χ0v) is 12.5. The number of hydrogen-bond donors (Lipinski definition) is 1. The highest BCUT2D eigenvalue weighted by atomic mass is 32.2. The molecule has 1 rings (SSSR count). The molecule has 1 aromatic heterocycles. The molecule has 104 valence electrons. The van der Waals surface area contributed by atoms with Gasteiger partial charge < -0.3 is 9.73 Å². The van der Waals surface area contributed by atoms with Gasteiger partial charge in [0.15, 0.2) is 0 Å². The summed E-state index contributed by atoms with van der Waals surface area (Å²) in [4.78, 5) is 0. The third-order valence-corrected chi connectivity index (χ3v) is 4.46. The number of hydrogen-bond acceptors (Lipinski definition) is 3. The molecule has 0 spiro atoms. The Bertz CT molecular complexity index is 362. The van der Waals surface area contributed by atoms with Crippen LogP contribution in [0.4, 0.5) is 0 Å². The number of nitrogens with one attached hydrogen (secondary N) is 1. The van der Waals surface area contributed by atoms with Gasteiger partial charge in [-0.25, -0.2) is 0 Å². The Balaban J connectivity index is 2.36. The lowest BCUT2D eigenvalue weighted by Crippen LogP contribution is -2.13. The topological polar surface area (TPSA) is 42.2 Å². The van der Waals surface area contributed by atoms with Crippen LogP contribution in [0.2, 0.25) is 0 Å². The highest BCUT2D eigenvalue weighted by molar-refractivity contribution is 7.84. The van der Waals surface area contributed by atoms with Crippen molar-refractivity contribution in [1.29, 1.82) is 0 Å².